The van der Waals surface area contributed by atoms with Gasteiger partial charge in [0, 0.05) is 19.0 Å². The van der Waals surface area contributed by atoms with E-state index in [0.29, 0.717) is 31.4 Å². The minimum Gasteiger partial charge on any atom is -0.360 e. The Morgan fingerprint density at radius 2 is 2.30 bits per heavy atom. The van der Waals surface area contributed by atoms with Crippen molar-refractivity contribution in [2.75, 3.05) is 13.1 Å². The van der Waals surface area contributed by atoms with E-state index in [1.54, 1.807) is 11.0 Å². The molecule has 1 aromatic heterocycles. The van der Waals surface area contributed by atoms with Crippen molar-refractivity contribution in [3.05, 3.63) is 42.0 Å². The Kier molecular flexibility index (Phi) is 4.43. The van der Waals surface area contributed by atoms with Gasteiger partial charge in [-0.1, -0.05) is 12.2 Å². The van der Waals surface area contributed by atoms with E-state index in [9.17, 15) is 14.0 Å². The zero-order chi connectivity index (χ0) is 21.0. The number of benzene rings is 1. The van der Waals surface area contributed by atoms with Crippen LogP contribution in [0.1, 0.15) is 26.1 Å². The number of aryl methyl sites for hydroxylation is 1. The molecule has 7 nitrogen and oxygen atoms in total. The molecule has 158 valence electrons. The van der Waals surface area contributed by atoms with E-state index >= 15 is 0 Å². The van der Waals surface area contributed by atoms with Gasteiger partial charge in [0.15, 0.2) is 0 Å². The Hall–Kier alpha value is -2.74. The van der Waals surface area contributed by atoms with Crippen LogP contribution in [0.2, 0.25) is 0 Å². The Labute approximate surface area is 173 Å². The molecule has 5 rings (SSSR count). The molecule has 30 heavy (non-hydrogen) atoms. The number of H-pyrrole nitrogens is 1. The molecule has 3 aliphatic heterocycles. The number of nitrogens with one attached hydrogen (secondary N) is 2. The van der Waals surface area contributed by atoms with Crippen molar-refractivity contribution >= 4 is 22.8 Å². The van der Waals surface area contributed by atoms with Gasteiger partial charge in [-0.2, -0.15) is 0 Å². The maximum absolute atomic E-state index is 13.3. The van der Waals surface area contributed by atoms with E-state index in [-0.39, 0.29) is 29.8 Å². The van der Waals surface area contributed by atoms with Crippen molar-refractivity contribution < 1.29 is 18.7 Å². The lowest BCUT2D eigenvalue weighted by molar-refractivity contribution is -0.138. The highest BCUT2D eigenvalue weighted by Crippen LogP contribution is 2.52. The van der Waals surface area contributed by atoms with Crippen LogP contribution in [0.25, 0.3) is 11.0 Å². The fourth-order valence-electron chi connectivity index (χ4n) is 5.00. The van der Waals surface area contributed by atoms with Crippen LogP contribution < -0.4 is 5.32 Å². The van der Waals surface area contributed by atoms with Crippen LogP contribution in [-0.4, -0.2) is 57.5 Å². The van der Waals surface area contributed by atoms with Crippen LogP contribution in [0.4, 0.5) is 4.39 Å². The summed E-state index contributed by atoms with van der Waals surface area (Å²) >= 11 is 0. The number of aromatic amines is 1. The topological polar surface area (TPSA) is 87.3 Å². The third kappa shape index (κ3) is 2.93. The number of rotatable bonds is 6. The number of hydrogen-bond acceptors (Lipinski definition) is 4. The largest absolute Gasteiger partial charge is 0.360 e. The summed E-state index contributed by atoms with van der Waals surface area (Å²) in [5.74, 6) is -0.607. The van der Waals surface area contributed by atoms with Gasteiger partial charge in [-0.05, 0) is 38.5 Å². The van der Waals surface area contributed by atoms with Gasteiger partial charge in [0.05, 0.1) is 35.5 Å². The number of likely N-dealkylation sites (tertiary alicyclic amines) is 1. The van der Waals surface area contributed by atoms with Gasteiger partial charge < -0.3 is 19.9 Å². The van der Waals surface area contributed by atoms with Crippen LogP contribution in [-0.2, 0) is 20.7 Å². The number of carbonyl (C=O) groups excluding carboxylic acids is 2. The number of carbonyl (C=O) groups is 2. The molecule has 0 radical (unpaired) electrons. The molecule has 2 aromatic rings. The summed E-state index contributed by atoms with van der Waals surface area (Å²) in [7, 11) is 0. The van der Waals surface area contributed by atoms with Crippen molar-refractivity contribution in [1.82, 2.24) is 20.2 Å². The van der Waals surface area contributed by atoms with Gasteiger partial charge in [-0.25, -0.2) is 9.37 Å². The molecule has 0 saturated carbocycles. The lowest BCUT2D eigenvalue weighted by atomic mass is 9.77. The van der Waals surface area contributed by atoms with Crippen LogP contribution in [0.15, 0.2) is 30.4 Å². The molecular formula is C22H25FN4O3. The Bertz CT molecular complexity index is 1050. The van der Waals surface area contributed by atoms with E-state index in [0.717, 1.165) is 11.3 Å². The molecule has 8 heteroatoms. The van der Waals surface area contributed by atoms with E-state index < -0.39 is 17.4 Å². The maximum Gasteiger partial charge on any atom is 0.230 e. The average Bonchev–Trinajstić information content (AvgIpc) is 3.44. The molecule has 1 spiro atoms. The van der Waals surface area contributed by atoms with Crippen LogP contribution >= 0.6 is 0 Å². The normalized spacial score (nSPS) is 29.4. The number of nitrogens with zero attached hydrogens (tertiary/aromatic N) is 2. The fraction of sp³-hybridized carbons (Fsp3) is 0.500. The molecular weight excluding hydrogens is 387 g/mol. The molecule has 4 atom stereocenters. The number of amides is 2. The van der Waals surface area contributed by atoms with Crippen LogP contribution in [0.3, 0.4) is 0 Å². The number of ether oxygens (including phenoxy) is 1. The summed E-state index contributed by atoms with van der Waals surface area (Å²) in [6.07, 6.45) is 4.87. The second-order valence-electron chi connectivity index (χ2n) is 8.70. The fourth-order valence-corrected chi connectivity index (χ4v) is 5.00. The summed E-state index contributed by atoms with van der Waals surface area (Å²) in [4.78, 5) is 35.2. The average molecular weight is 412 g/mol. The minimum atomic E-state index is -0.655. The van der Waals surface area contributed by atoms with Gasteiger partial charge in [0.25, 0.3) is 0 Å². The number of aromatic nitrogens is 2. The van der Waals surface area contributed by atoms with Gasteiger partial charge >= 0.3 is 0 Å². The zero-order valence-corrected chi connectivity index (χ0v) is 17.0. The SMILES string of the molecule is CC(C)N1C[C@@]23C=C[C@@H](O2)[C@@H](C(=O)NCCCc2nc4ccc(F)cc4[nH]2)[C@H]3C1=O. The van der Waals surface area contributed by atoms with Crippen LogP contribution in [0.5, 0.6) is 0 Å². The smallest absolute Gasteiger partial charge is 0.230 e. The van der Waals surface area contributed by atoms with Crippen LogP contribution in [0, 0.1) is 17.7 Å². The van der Waals surface area contributed by atoms with E-state index in [4.69, 9.17) is 4.74 Å². The molecule has 2 N–H and O–H groups in total. The minimum absolute atomic E-state index is 0.00603. The van der Waals surface area contributed by atoms with Gasteiger partial charge in [0.2, 0.25) is 11.8 Å². The monoisotopic (exact) mass is 412 g/mol. The first-order chi connectivity index (χ1) is 14.4. The predicted molar refractivity (Wildman–Crippen MR) is 108 cm³/mol. The summed E-state index contributed by atoms with van der Waals surface area (Å²) in [6, 6.07) is 4.53. The first-order valence-electron chi connectivity index (χ1n) is 10.5. The summed E-state index contributed by atoms with van der Waals surface area (Å²) in [5.41, 5.74) is 0.734. The van der Waals surface area contributed by atoms with Crippen molar-refractivity contribution in [3.8, 4) is 0 Å². The van der Waals surface area contributed by atoms with Gasteiger partial charge in [-0.3, -0.25) is 9.59 Å². The third-order valence-electron chi connectivity index (χ3n) is 6.44. The lowest BCUT2D eigenvalue weighted by Gasteiger charge is -2.24. The lowest BCUT2D eigenvalue weighted by Crippen LogP contribution is -2.44. The van der Waals surface area contributed by atoms with E-state index in [1.807, 2.05) is 26.0 Å². The van der Waals surface area contributed by atoms with Crippen molar-refractivity contribution in [3.63, 3.8) is 0 Å². The zero-order valence-electron chi connectivity index (χ0n) is 17.0. The number of hydrogen-bond donors (Lipinski definition) is 2. The molecule has 2 saturated heterocycles. The summed E-state index contributed by atoms with van der Waals surface area (Å²) < 4.78 is 19.4. The van der Waals surface area contributed by atoms with Crippen molar-refractivity contribution in [2.45, 2.75) is 44.4 Å². The van der Waals surface area contributed by atoms with Crippen molar-refractivity contribution in [2.24, 2.45) is 11.8 Å². The second-order valence-corrected chi connectivity index (χ2v) is 8.70. The molecule has 2 amide bonds. The number of fused-ring (bicyclic) bond motifs is 2. The summed E-state index contributed by atoms with van der Waals surface area (Å²) in [6.45, 7) is 4.94. The van der Waals surface area contributed by atoms with Crippen molar-refractivity contribution in [1.29, 1.82) is 0 Å². The molecule has 0 aliphatic carbocycles. The summed E-state index contributed by atoms with van der Waals surface area (Å²) in [5, 5.41) is 2.97. The van der Waals surface area contributed by atoms with E-state index in [2.05, 4.69) is 15.3 Å². The van der Waals surface area contributed by atoms with E-state index in [1.165, 1.54) is 12.1 Å². The second kappa shape index (κ2) is 6.91. The van der Waals surface area contributed by atoms with Gasteiger partial charge in [-0.15, -0.1) is 0 Å². The maximum atomic E-state index is 13.3. The Morgan fingerprint density at radius 3 is 3.10 bits per heavy atom. The first kappa shape index (κ1) is 19.2. The molecule has 1 aromatic carbocycles. The van der Waals surface area contributed by atoms with Gasteiger partial charge in [0.1, 0.15) is 17.2 Å². The molecule has 0 unspecified atom stereocenters. The molecule has 4 heterocycles. The highest BCUT2D eigenvalue weighted by atomic mass is 19.1. The number of imidazole rings is 1. The molecule has 3 aliphatic rings. The third-order valence-corrected chi connectivity index (χ3v) is 6.44. The Balaban J connectivity index is 1.20. The first-order valence-corrected chi connectivity index (χ1v) is 10.5. The predicted octanol–water partition coefficient (Wildman–Crippen LogP) is 1.94. The highest BCUT2D eigenvalue weighted by molar-refractivity contribution is 5.93. The molecule has 2 bridgehead atoms. The standard InChI is InChI=1S/C22H25FN4O3/c1-12(2)27-11-22-8-7-16(30-22)18(19(22)21(27)29)20(28)24-9-3-4-17-25-14-6-5-13(23)10-15(14)26-17/h5-8,10,12,16,18-19H,3-4,9,11H2,1-2H3,(H,24,28)(H,25,26)/t16-,18-,19+,22-/m1/s1. The Morgan fingerprint density at radius 1 is 1.47 bits per heavy atom. The molecule has 2 fully saturated rings. The number of halogens is 1. The quantitative estimate of drug-likeness (QED) is 0.561. The highest BCUT2D eigenvalue weighted by Gasteiger charge is 2.66.